The lowest BCUT2D eigenvalue weighted by atomic mass is 10.4. The molecule has 1 saturated heterocycles. The van der Waals surface area contributed by atoms with E-state index in [2.05, 4.69) is 4.90 Å². The van der Waals surface area contributed by atoms with Crippen molar-refractivity contribution in [2.24, 2.45) is 5.73 Å². The molecule has 1 aliphatic heterocycles. The summed E-state index contributed by atoms with van der Waals surface area (Å²) < 4.78 is 11.4. The Hall–Kier alpha value is 0.0700. The monoisotopic (exact) mass is 204 g/mol. The predicted octanol–water partition coefficient (Wildman–Crippen LogP) is 0.178. The molecule has 0 aromatic rings. The number of nitrogens with two attached hydrogens (primary N) is 1. The van der Waals surface area contributed by atoms with E-state index in [0.29, 0.717) is 5.75 Å². The molecule has 0 aromatic heterocycles. The van der Waals surface area contributed by atoms with E-state index in [9.17, 15) is 4.21 Å². The summed E-state index contributed by atoms with van der Waals surface area (Å²) in [5.41, 5.74) is 5.57. The average molecular weight is 204 g/mol. The van der Waals surface area contributed by atoms with Crippen molar-refractivity contribution in [1.82, 2.24) is 4.90 Å². The van der Waals surface area contributed by atoms with Crippen LogP contribution < -0.4 is 5.73 Å². The highest BCUT2D eigenvalue weighted by atomic mass is 32.2. The summed E-state index contributed by atoms with van der Waals surface area (Å²) in [6.07, 6.45) is 2.61. The maximum absolute atomic E-state index is 11.4. The molecule has 1 fully saturated rings. The van der Waals surface area contributed by atoms with Gasteiger partial charge in [-0.05, 0) is 32.9 Å². The summed E-state index contributed by atoms with van der Waals surface area (Å²) >= 11 is 0. The van der Waals surface area contributed by atoms with Crippen LogP contribution in [0.15, 0.2) is 0 Å². The highest BCUT2D eigenvalue weighted by Crippen LogP contribution is 2.06. The summed E-state index contributed by atoms with van der Waals surface area (Å²) in [5, 5.41) is 0. The van der Waals surface area contributed by atoms with Crippen LogP contribution in [0.3, 0.4) is 0 Å². The molecule has 78 valence electrons. The lowest BCUT2D eigenvalue weighted by Gasteiger charge is -2.14. The Morgan fingerprint density at radius 2 is 2.08 bits per heavy atom. The summed E-state index contributed by atoms with van der Waals surface area (Å²) in [4.78, 5) is 2.39. The molecule has 2 atom stereocenters. The molecule has 0 spiro atoms. The van der Waals surface area contributed by atoms with E-state index in [1.165, 1.54) is 25.9 Å². The molecular formula is C9H20N2OS. The molecule has 13 heavy (non-hydrogen) atoms. The van der Waals surface area contributed by atoms with Crippen LogP contribution in [-0.4, -0.2) is 46.3 Å². The highest BCUT2D eigenvalue weighted by Gasteiger charge is 2.12. The van der Waals surface area contributed by atoms with Crippen molar-refractivity contribution < 1.29 is 4.21 Å². The third-order valence-corrected chi connectivity index (χ3v) is 3.82. The van der Waals surface area contributed by atoms with E-state index in [0.717, 1.165) is 12.3 Å². The number of rotatable bonds is 5. The van der Waals surface area contributed by atoms with Crippen LogP contribution in [0.4, 0.5) is 0 Å². The summed E-state index contributed by atoms with van der Waals surface area (Å²) in [5.74, 6) is 1.44. The van der Waals surface area contributed by atoms with Crippen molar-refractivity contribution in [3.63, 3.8) is 0 Å². The number of hydrogen-bond donors (Lipinski definition) is 1. The zero-order valence-corrected chi connectivity index (χ0v) is 9.18. The van der Waals surface area contributed by atoms with Crippen LogP contribution in [0.25, 0.3) is 0 Å². The normalized spacial score (nSPS) is 23.2. The maximum atomic E-state index is 11.4. The fraction of sp³-hybridized carbons (Fsp3) is 1.00. The van der Waals surface area contributed by atoms with E-state index in [1.807, 2.05) is 6.92 Å². The lowest BCUT2D eigenvalue weighted by molar-refractivity contribution is 0.360. The Morgan fingerprint density at radius 3 is 2.62 bits per heavy atom. The van der Waals surface area contributed by atoms with E-state index < -0.39 is 10.8 Å². The molecule has 2 unspecified atom stereocenters. The van der Waals surface area contributed by atoms with Gasteiger partial charge < -0.3 is 10.6 Å². The molecule has 0 radical (unpaired) electrons. The van der Waals surface area contributed by atoms with Crippen molar-refractivity contribution in [3.8, 4) is 0 Å². The van der Waals surface area contributed by atoms with E-state index in [1.54, 1.807) is 0 Å². The Labute approximate surface area is 83.1 Å². The zero-order valence-electron chi connectivity index (χ0n) is 8.37. The minimum absolute atomic E-state index is 0.0689. The molecule has 0 saturated carbocycles. The fourth-order valence-electron chi connectivity index (χ4n) is 1.61. The quantitative estimate of drug-likeness (QED) is 0.695. The summed E-state index contributed by atoms with van der Waals surface area (Å²) in [6.45, 7) is 5.28. The van der Waals surface area contributed by atoms with Crippen molar-refractivity contribution in [1.29, 1.82) is 0 Å². The molecule has 0 amide bonds. The average Bonchev–Trinajstić information content (AvgIpc) is 2.51. The Morgan fingerprint density at radius 1 is 1.46 bits per heavy atom. The fourth-order valence-corrected chi connectivity index (χ4v) is 2.83. The second-order valence-corrected chi connectivity index (χ2v) is 5.46. The van der Waals surface area contributed by atoms with Gasteiger partial charge in [0, 0.05) is 34.9 Å². The van der Waals surface area contributed by atoms with Gasteiger partial charge in [0.25, 0.3) is 0 Å². The Bertz CT molecular complexity index is 167. The molecule has 0 bridgehead atoms. The molecule has 1 aliphatic rings. The van der Waals surface area contributed by atoms with Crippen molar-refractivity contribution in [3.05, 3.63) is 0 Å². The van der Waals surface area contributed by atoms with Gasteiger partial charge in [0.05, 0.1) is 0 Å². The first-order valence-electron chi connectivity index (χ1n) is 5.01. The van der Waals surface area contributed by atoms with Crippen LogP contribution in [0.1, 0.15) is 19.8 Å². The molecule has 0 aliphatic carbocycles. The van der Waals surface area contributed by atoms with E-state index in [-0.39, 0.29) is 6.04 Å². The maximum Gasteiger partial charge on any atom is 0.0384 e. The highest BCUT2D eigenvalue weighted by molar-refractivity contribution is 7.85. The minimum atomic E-state index is -0.713. The topological polar surface area (TPSA) is 46.3 Å². The van der Waals surface area contributed by atoms with E-state index >= 15 is 0 Å². The standard InChI is InChI=1S/C9H20N2OS/c1-9(10)8-13(12)7-6-11-4-2-3-5-11/h9H,2-8,10H2,1H3. The molecule has 4 heteroatoms. The van der Waals surface area contributed by atoms with Gasteiger partial charge in [-0.2, -0.15) is 0 Å². The van der Waals surface area contributed by atoms with Gasteiger partial charge in [-0.1, -0.05) is 0 Å². The van der Waals surface area contributed by atoms with Crippen molar-refractivity contribution in [2.75, 3.05) is 31.1 Å². The number of hydrogen-bond acceptors (Lipinski definition) is 3. The third-order valence-electron chi connectivity index (χ3n) is 2.28. The lowest BCUT2D eigenvalue weighted by Crippen LogP contribution is -2.29. The van der Waals surface area contributed by atoms with Crippen LogP contribution in [0, 0.1) is 0 Å². The second-order valence-electron chi connectivity index (χ2n) is 3.84. The molecule has 2 N–H and O–H groups in total. The van der Waals surface area contributed by atoms with Gasteiger partial charge in [-0.25, -0.2) is 0 Å². The molecule has 3 nitrogen and oxygen atoms in total. The second kappa shape index (κ2) is 5.73. The zero-order chi connectivity index (χ0) is 9.68. The first-order valence-corrected chi connectivity index (χ1v) is 6.50. The van der Waals surface area contributed by atoms with Crippen molar-refractivity contribution in [2.45, 2.75) is 25.8 Å². The summed E-state index contributed by atoms with van der Waals surface area (Å²) in [7, 11) is -0.713. The molecule has 1 heterocycles. The van der Waals surface area contributed by atoms with Crippen LogP contribution in [0.5, 0.6) is 0 Å². The number of likely N-dealkylation sites (tertiary alicyclic amines) is 1. The smallest absolute Gasteiger partial charge is 0.0384 e. The van der Waals surface area contributed by atoms with Crippen LogP contribution in [-0.2, 0) is 10.8 Å². The van der Waals surface area contributed by atoms with Gasteiger partial charge in [-0.3, -0.25) is 4.21 Å². The predicted molar refractivity (Wildman–Crippen MR) is 57.2 cm³/mol. The van der Waals surface area contributed by atoms with Crippen LogP contribution in [0.2, 0.25) is 0 Å². The first kappa shape index (κ1) is 11.1. The molecule has 0 aromatic carbocycles. The van der Waals surface area contributed by atoms with Gasteiger partial charge in [-0.15, -0.1) is 0 Å². The third kappa shape index (κ3) is 4.74. The largest absolute Gasteiger partial charge is 0.327 e. The first-order chi connectivity index (χ1) is 6.18. The molecule has 1 rings (SSSR count). The van der Waals surface area contributed by atoms with Gasteiger partial charge in [0.2, 0.25) is 0 Å². The van der Waals surface area contributed by atoms with Crippen LogP contribution >= 0.6 is 0 Å². The van der Waals surface area contributed by atoms with Gasteiger partial charge in [0.15, 0.2) is 0 Å². The summed E-state index contributed by atoms with van der Waals surface area (Å²) in [6, 6.07) is 0.0689. The van der Waals surface area contributed by atoms with Gasteiger partial charge in [0.1, 0.15) is 0 Å². The Kier molecular flexibility index (Phi) is 4.91. The minimum Gasteiger partial charge on any atom is -0.327 e. The SMILES string of the molecule is CC(N)CS(=O)CCN1CCCC1. The number of nitrogens with zero attached hydrogens (tertiary/aromatic N) is 1. The Balaban J connectivity index is 2.07. The van der Waals surface area contributed by atoms with E-state index in [4.69, 9.17) is 5.73 Å². The van der Waals surface area contributed by atoms with Crippen molar-refractivity contribution >= 4 is 10.8 Å². The molecular weight excluding hydrogens is 184 g/mol. The van der Waals surface area contributed by atoms with Gasteiger partial charge >= 0.3 is 0 Å².